The Labute approximate surface area is 100 Å². The van der Waals surface area contributed by atoms with Gasteiger partial charge in [0.2, 0.25) is 0 Å². The van der Waals surface area contributed by atoms with E-state index < -0.39 is 0 Å². The average Bonchev–Trinajstić information content (AvgIpc) is 2.66. The molecule has 1 aliphatic carbocycles. The van der Waals surface area contributed by atoms with Gasteiger partial charge in [0.15, 0.2) is 0 Å². The van der Waals surface area contributed by atoms with Crippen LogP contribution >= 0.6 is 15.9 Å². The second-order valence-corrected chi connectivity index (χ2v) is 6.03. The predicted octanol–water partition coefficient (Wildman–Crippen LogP) is 3.37. The molecule has 15 heavy (non-hydrogen) atoms. The van der Waals surface area contributed by atoms with Crippen LogP contribution in [-0.2, 0) is 6.42 Å². The highest BCUT2D eigenvalue weighted by atomic mass is 79.9. The Balaban J connectivity index is 1.87. The third-order valence-corrected chi connectivity index (χ3v) is 4.33. The minimum Gasteiger partial charge on any atom is -0.327 e. The Morgan fingerprint density at radius 1 is 1.27 bits per heavy atom. The molecule has 1 aromatic carbocycles. The number of nitrogens with two attached hydrogens (primary N) is 1. The van der Waals surface area contributed by atoms with Crippen LogP contribution in [0.15, 0.2) is 28.7 Å². The highest BCUT2D eigenvalue weighted by Gasteiger charge is 2.54. The van der Waals surface area contributed by atoms with Gasteiger partial charge in [-0.3, -0.25) is 0 Å². The SMILES string of the molecule is CC1(C)[C@@H](N)[C@@H]1CCc1ccc(Br)cc1. The number of rotatable bonds is 3. The first-order valence-corrected chi connectivity index (χ1v) is 6.31. The largest absolute Gasteiger partial charge is 0.327 e. The summed E-state index contributed by atoms with van der Waals surface area (Å²) in [5, 5.41) is 0. The maximum absolute atomic E-state index is 6.03. The summed E-state index contributed by atoms with van der Waals surface area (Å²) < 4.78 is 1.15. The highest BCUT2D eigenvalue weighted by Crippen LogP contribution is 2.52. The van der Waals surface area contributed by atoms with Crippen molar-refractivity contribution in [1.82, 2.24) is 0 Å². The molecule has 0 heterocycles. The molecule has 1 aromatic rings. The predicted molar refractivity (Wildman–Crippen MR) is 67.7 cm³/mol. The molecule has 0 bridgehead atoms. The van der Waals surface area contributed by atoms with Crippen molar-refractivity contribution in [2.24, 2.45) is 17.1 Å². The van der Waals surface area contributed by atoms with Crippen LogP contribution in [0.2, 0.25) is 0 Å². The van der Waals surface area contributed by atoms with Gasteiger partial charge >= 0.3 is 0 Å². The van der Waals surface area contributed by atoms with Gasteiger partial charge in [0.1, 0.15) is 0 Å². The summed E-state index contributed by atoms with van der Waals surface area (Å²) in [6.45, 7) is 4.54. The summed E-state index contributed by atoms with van der Waals surface area (Å²) in [5.74, 6) is 0.709. The van der Waals surface area contributed by atoms with E-state index >= 15 is 0 Å². The molecule has 0 amide bonds. The molecule has 0 aliphatic heterocycles. The van der Waals surface area contributed by atoms with Crippen LogP contribution < -0.4 is 5.73 Å². The van der Waals surface area contributed by atoms with Gasteiger partial charge in [0.05, 0.1) is 0 Å². The van der Waals surface area contributed by atoms with Crippen molar-refractivity contribution >= 4 is 15.9 Å². The van der Waals surface area contributed by atoms with Gasteiger partial charge in [0.25, 0.3) is 0 Å². The Bertz CT molecular complexity index is 342. The fraction of sp³-hybridized carbons (Fsp3) is 0.538. The van der Waals surface area contributed by atoms with Crippen molar-refractivity contribution < 1.29 is 0 Å². The molecule has 1 saturated carbocycles. The minimum atomic E-state index is 0.370. The fourth-order valence-electron chi connectivity index (χ4n) is 2.31. The summed E-state index contributed by atoms with van der Waals surface area (Å²) in [7, 11) is 0. The quantitative estimate of drug-likeness (QED) is 0.893. The van der Waals surface area contributed by atoms with Crippen molar-refractivity contribution in [3.05, 3.63) is 34.3 Å². The van der Waals surface area contributed by atoms with Gasteiger partial charge in [-0.05, 0) is 41.9 Å². The van der Waals surface area contributed by atoms with E-state index in [-0.39, 0.29) is 0 Å². The maximum Gasteiger partial charge on any atom is 0.0175 e. The lowest BCUT2D eigenvalue weighted by Crippen LogP contribution is -2.06. The summed E-state index contributed by atoms with van der Waals surface area (Å²) in [6, 6.07) is 8.99. The van der Waals surface area contributed by atoms with Gasteiger partial charge in [-0.1, -0.05) is 41.9 Å². The Kier molecular flexibility index (Phi) is 2.91. The van der Waals surface area contributed by atoms with E-state index in [1.54, 1.807) is 0 Å². The van der Waals surface area contributed by atoms with Gasteiger partial charge in [0, 0.05) is 10.5 Å². The van der Waals surface area contributed by atoms with Crippen LogP contribution in [0.3, 0.4) is 0 Å². The molecule has 2 atom stereocenters. The molecule has 0 aromatic heterocycles. The molecule has 1 aliphatic rings. The number of hydrogen-bond acceptors (Lipinski definition) is 1. The monoisotopic (exact) mass is 267 g/mol. The van der Waals surface area contributed by atoms with Gasteiger partial charge in [-0.25, -0.2) is 0 Å². The number of aryl methyl sites for hydroxylation is 1. The van der Waals surface area contributed by atoms with Crippen LogP contribution in [0.25, 0.3) is 0 Å². The lowest BCUT2D eigenvalue weighted by Gasteiger charge is -2.03. The fourth-order valence-corrected chi connectivity index (χ4v) is 2.58. The second-order valence-electron chi connectivity index (χ2n) is 5.12. The van der Waals surface area contributed by atoms with Crippen molar-refractivity contribution in [1.29, 1.82) is 0 Å². The molecule has 0 unspecified atom stereocenters. The van der Waals surface area contributed by atoms with Crippen LogP contribution in [0, 0.1) is 11.3 Å². The zero-order valence-corrected chi connectivity index (χ0v) is 10.9. The number of benzene rings is 1. The zero-order chi connectivity index (χ0) is 11.1. The molecule has 0 radical (unpaired) electrons. The smallest absolute Gasteiger partial charge is 0.0175 e. The normalized spacial score (nSPS) is 27.7. The molecule has 0 spiro atoms. The Morgan fingerprint density at radius 3 is 2.27 bits per heavy atom. The van der Waals surface area contributed by atoms with Gasteiger partial charge in [-0.2, -0.15) is 0 Å². The van der Waals surface area contributed by atoms with Crippen molar-refractivity contribution in [3.8, 4) is 0 Å². The van der Waals surface area contributed by atoms with Crippen LogP contribution in [-0.4, -0.2) is 6.04 Å². The molecule has 2 heteroatoms. The summed E-state index contributed by atoms with van der Waals surface area (Å²) in [5.41, 5.74) is 7.81. The zero-order valence-electron chi connectivity index (χ0n) is 9.33. The van der Waals surface area contributed by atoms with Gasteiger partial charge < -0.3 is 5.73 Å². The minimum absolute atomic E-state index is 0.370. The standard InChI is InChI=1S/C13H18BrN/c1-13(2)11(12(13)15)8-5-9-3-6-10(14)7-4-9/h3-4,6-7,11-12H,5,8,15H2,1-2H3/t11-,12-/m0/s1. The summed E-state index contributed by atoms with van der Waals surface area (Å²) in [6.07, 6.45) is 2.37. The molecule has 1 fully saturated rings. The molecule has 2 N–H and O–H groups in total. The maximum atomic E-state index is 6.03. The lowest BCUT2D eigenvalue weighted by molar-refractivity contribution is 0.530. The Hall–Kier alpha value is -0.340. The van der Waals surface area contributed by atoms with E-state index in [0.717, 1.165) is 10.9 Å². The first-order valence-electron chi connectivity index (χ1n) is 5.52. The van der Waals surface area contributed by atoms with E-state index in [4.69, 9.17) is 5.73 Å². The molecule has 0 saturated heterocycles. The van der Waals surface area contributed by atoms with Gasteiger partial charge in [-0.15, -0.1) is 0 Å². The van der Waals surface area contributed by atoms with Crippen LogP contribution in [0.4, 0.5) is 0 Å². The van der Waals surface area contributed by atoms with E-state index in [0.29, 0.717) is 17.4 Å². The third kappa shape index (κ3) is 2.26. The molecule has 2 rings (SSSR count). The first kappa shape index (κ1) is 11.2. The summed E-state index contributed by atoms with van der Waals surface area (Å²) in [4.78, 5) is 0. The first-order chi connectivity index (χ1) is 7.01. The highest BCUT2D eigenvalue weighted by molar-refractivity contribution is 9.10. The molecular weight excluding hydrogens is 250 g/mol. The topological polar surface area (TPSA) is 26.0 Å². The lowest BCUT2D eigenvalue weighted by atomic mass is 10.0. The molecule has 82 valence electrons. The summed E-state index contributed by atoms with van der Waals surface area (Å²) >= 11 is 3.45. The van der Waals surface area contributed by atoms with Crippen molar-refractivity contribution in [2.45, 2.75) is 32.7 Å². The van der Waals surface area contributed by atoms with E-state index in [1.807, 2.05) is 0 Å². The molecule has 1 nitrogen and oxygen atoms in total. The molecular formula is C13H18BrN. The number of hydrogen-bond donors (Lipinski definition) is 1. The van der Waals surface area contributed by atoms with E-state index in [9.17, 15) is 0 Å². The third-order valence-electron chi connectivity index (χ3n) is 3.80. The van der Waals surface area contributed by atoms with Crippen molar-refractivity contribution in [3.63, 3.8) is 0 Å². The number of halogens is 1. The second kappa shape index (κ2) is 3.91. The Morgan fingerprint density at radius 2 is 1.80 bits per heavy atom. The van der Waals surface area contributed by atoms with E-state index in [2.05, 4.69) is 54.0 Å². The van der Waals surface area contributed by atoms with Crippen molar-refractivity contribution in [2.75, 3.05) is 0 Å². The van der Waals surface area contributed by atoms with Crippen LogP contribution in [0.5, 0.6) is 0 Å². The van der Waals surface area contributed by atoms with Crippen LogP contribution in [0.1, 0.15) is 25.8 Å². The average molecular weight is 268 g/mol. The van der Waals surface area contributed by atoms with E-state index in [1.165, 1.54) is 12.0 Å².